The molecule has 0 aliphatic rings. The van der Waals surface area contributed by atoms with Gasteiger partial charge in [-0.2, -0.15) is 15.3 Å². The van der Waals surface area contributed by atoms with Crippen molar-refractivity contribution in [2.24, 2.45) is 0 Å². The van der Waals surface area contributed by atoms with E-state index in [2.05, 4.69) is 44.4 Å². The lowest BCUT2D eigenvalue weighted by Gasteiger charge is -2.20. The average molecular weight is 1270 g/mol. The van der Waals surface area contributed by atoms with Crippen LogP contribution in [0.25, 0.3) is 49.8 Å². The molecule has 0 unspecified atom stereocenters. The normalized spacial score (nSPS) is 12.1. The molecule has 6 aromatic carbocycles. The lowest BCUT2D eigenvalue weighted by atomic mass is 9.87. The van der Waals surface area contributed by atoms with Crippen molar-refractivity contribution in [1.29, 1.82) is 0 Å². The van der Waals surface area contributed by atoms with E-state index in [4.69, 9.17) is 11.6 Å². The number of hydrogen-bond donors (Lipinski definition) is 4. The number of aromatic nitrogens is 9. The summed E-state index contributed by atoms with van der Waals surface area (Å²) in [5, 5.41) is 26.4. The Morgan fingerprint density at radius 3 is 1.16 bits per heavy atom. The Labute approximate surface area is 522 Å². The molecule has 0 aliphatic carbocycles. The lowest BCUT2D eigenvalue weighted by molar-refractivity contribution is 0.0785. The molecule has 0 atom stereocenters. The Hall–Kier alpha value is -9.32. The number of aryl methyl sites for hydroxylation is 4. The Bertz CT molecular complexity index is 4930. The molecule has 19 nitrogen and oxygen atoms in total. The highest BCUT2D eigenvalue weighted by Gasteiger charge is 2.26. The maximum atomic E-state index is 13.2. The van der Waals surface area contributed by atoms with Crippen molar-refractivity contribution in [2.75, 3.05) is 14.2 Å². The standard InChI is InChI=1S/C23H23ClN4O2S.C22H22N4O3S.C21H20N4O2S/c1-15-13-22(28(26-15)20-9-5-8-19-17(20)7-6-12-25-19)27-31(29,30)21-11-10-16(14-18(21)24)23(2,3)4;1-15-14-21(25-30(28,29)17-11-9-16(10-12-17)22(2,3)27)26(24-15)20-8-4-7-19-18(20)6-5-13-23-19;1-3-16-9-11-17(12-10-16)28(26,27)24-21-14-15(2)23-25(21)20-8-4-7-19-18(20)6-5-13-22-19/h5-14,27H,1-4H3;4-14,25,27H,1-3H3;4-14,24H,3H2,1-2H3. The molecule has 0 radical (unpaired) electrons. The van der Waals surface area contributed by atoms with Crippen molar-refractivity contribution in [2.45, 2.75) is 94.4 Å². The van der Waals surface area contributed by atoms with Gasteiger partial charge < -0.3 is 5.11 Å². The highest BCUT2D eigenvalue weighted by atomic mass is 35.5. The molecule has 12 aromatic rings. The van der Waals surface area contributed by atoms with Crippen LogP contribution in [0.3, 0.4) is 0 Å². The minimum Gasteiger partial charge on any atom is -0.386 e. The molecule has 12 rings (SSSR count). The number of rotatable bonds is 14. The molecule has 89 heavy (non-hydrogen) atoms. The molecular weight excluding hydrogens is 1200 g/mol. The van der Waals surface area contributed by atoms with Crippen molar-refractivity contribution in [3.05, 3.63) is 233 Å². The molecule has 0 saturated carbocycles. The van der Waals surface area contributed by atoms with Gasteiger partial charge in [0.15, 0.2) is 0 Å². The summed E-state index contributed by atoms with van der Waals surface area (Å²) in [6.07, 6.45) is 6.01. The number of anilines is 3. The Kier molecular flexibility index (Phi) is 17.7. The fourth-order valence-electron chi connectivity index (χ4n) is 9.80. The summed E-state index contributed by atoms with van der Waals surface area (Å²) in [4.78, 5) is 13.4. The maximum absolute atomic E-state index is 13.2. The van der Waals surface area contributed by atoms with E-state index in [1.54, 1.807) is 114 Å². The van der Waals surface area contributed by atoms with Gasteiger partial charge in [0.2, 0.25) is 0 Å². The van der Waals surface area contributed by atoms with Gasteiger partial charge in [-0.3, -0.25) is 29.1 Å². The fraction of sp³-hybridized carbons (Fsp3) is 0.182. The number of pyridine rings is 3. The Morgan fingerprint density at radius 1 is 0.449 bits per heavy atom. The van der Waals surface area contributed by atoms with E-state index in [-0.39, 0.29) is 25.1 Å². The van der Waals surface area contributed by atoms with Crippen molar-refractivity contribution in [3.8, 4) is 17.1 Å². The number of fused-ring (bicyclic) bond motifs is 3. The molecule has 0 amide bonds. The van der Waals surface area contributed by atoms with E-state index in [1.165, 1.54) is 12.1 Å². The number of nitrogens with zero attached hydrogens (tertiary/aromatic N) is 9. The highest BCUT2D eigenvalue weighted by molar-refractivity contribution is 7.93. The maximum Gasteiger partial charge on any atom is 0.264 e. The molecule has 0 aliphatic heterocycles. The summed E-state index contributed by atoms with van der Waals surface area (Å²) >= 11 is 6.38. The van der Waals surface area contributed by atoms with E-state index >= 15 is 0 Å². The van der Waals surface area contributed by atoms with E-state index in [9.17, 15) is 30.4 Å². The van der Waals surface area contributed by atoms with Gasteiger partial charge in [0.25, 0.3) is 30.1 Å². The summed E-state index contributed by atoms with van der Waals surface area (Å²) < 4.78 is 90.9. The van der Waals surface area contributed by atoms with Crippen LogP contribution < -0.4 is 14.2 Å². The van der Waals surface area contributed by atoms with Gasteiger partial charge in [0, 0.05) is 52.9 Å². The minimum atomic E-state index is -3.94. The number of nitrogens with one attached hydrogen (secondary N) is 3. The average Bonchev–Trinajstić information content (AvgIpc) is 2.00. The van der Waals surface area contributed by atoms with Crippen molar-refractivity contribution >= 4 is 91.8 Å². The quantitative estimate of drug-likeness (QED) is 0.0791. The van der Waals surface area contributed by atoms with Crippen LogP contribution in [0, 0.1) is 20.8 Å². The second-order valence-electron chi connectivity index (χ2n) is 22.6. The molecule has 0 bridgehead atoms. The Balaban J connectivity index is 0.000000147. The number of sulfonamides is 3. The van der Waals surface area contributed by atoms with Crippen LogP contribution in [0.2, 0.25) is 5.02 Å². The summed E-state index contributed by atoms with van der Waals surface area (Å²) in [5.74, 6) is 1.04. The van der Waals surface area contributed by atoms with E-state index in [0.717, 1.165) is 67.3 Å². The zero-order chi connectivity index (χ0) is 63.6. The minimum absolute atomic E-state index is 0.0205. The summed E-state index contributed by atoms with van der Waals surface area (Å²) in [5.41, 5.74) is 8.16. The van der Waals surface area contributed by atoms with Gasteiger partial charge in [-0.25, -0.2) is 39.3 Å². The van der Waals surface area contributed by atoms with Crippen LogP contribution >= 0.6 is 11.6 Å². The first-order valence-corrected chi connectivity index (χ1v) is 33.0. The van der Waals surface area contributed by atoms with Gasteiger partial charge in [0.05, 0.1) is 71.1 Å². The first-order chi connectivity index (χ1) is 42.2. The van der Waals surface area contributed by atoms with Crippen LogP contribution in [0.1, 0.15) is 75.3 Å². The number of aliphatic hydroxyl groups is 1. The predicted octanol–water partition coefficient (Wildman–Crippen LogP) is 13.3. The van der Waals surface area contributed by atoms with E-state index in [1.807, 2.05) is 145 Å². The third-order valence-electron chi connectivity index (χ3n) is 14.4. The zero-order valence-corrected chi connectivity index (χ0v) is 53.4. The Morgan fingerprint density at radius 2 is 0.809 bits per heavy atom. The van der Waals surface area contributed by atoms with Crippen molar-refractivity contribution in [3.63, 3.8) is 0 Å². The van der Waals surface area contributed by atoms with Crippen molar-refractivity contribution < 1.29 is 30.4 Å². The van der Waals surface area contributed by atoms with Gasteiger partial charge in [-0.05, 0) is 172 Å². The van der Waals surface area contributed by atoms with Gasteiger partial charge in [-0.15, -0.1) is 0 Å². The summed E-state index contributed by atoms with van der Waals surface area (Å²) in [6.45, 7) is 16.9. The molecule has 0 spiro atoms. The number of halogens is 1. The van der Waals surface area contributed by atoms with Crippen LogP contribution in [-0.2, 0) is 47.5 Å². The summed E-state index contributed by atoms with van der Waals surface area (Å²) in [7, 11) is -11.5. The first-order valence-electron chi connectivity index (χ1n) is 28.2. The molecule has 4 N–H and O–H groups in total. The monoisotopic (exact) mass is 1270 g/mol. The van der Waals surface area contributed by atoms with Gasteiger partial charge >= 0.3 is 0 Å². The van der Waals surface area contributed by atoms with Gasteiger partial charge in [-0.1, -0.05) is 87.8 Å². The smallest absolute Gasteiger partial charge is 0.264 e. The molecule has 0 fully saturated rings. The van der Waals surface area contributed by atoms with Gasteiger partial charge in [0.1, 0.15) is 22.3 Å². The zero-order valence-electron chi connectivity index (χ0n) is 50.2. The second kappa shape index (κ2) is 25.0. The topological polar surface area (TPSA) is 251 Å². The van der Waals surface area contributed by atoms with Crippen LogP contribution in [-0.4, -0.2) is 74.7 Å². The summed E-state index contributed by atoms with van der Waals surface area (Å²) in [6, 6.07) is 51.4. The molecule has 6 aromatic heterocycles. The van der Waals surface area contributed by atoms with Crippen LogP contribution in [0.5, 0.6) is 0 Å². The predicted molar refractivity (Wildman–Crippen MR) is 351 cm³/mol. The lowest BCUT2D eigenvalue weighted by Crippen LogP contribution is -2.18. The third kappa shape index (κ3) is 14.0. The van der Waals surface area contributed by atoms with Crippen LogP contribution in [0.15, 0.2) is 209 Å². The van der Waals surface area contributed by atoms with E-state index in [0.29, 0.717) is 40.1 Å². The third-order valence-corrected chi connectivity index (χ3v) is 18.9. The highest BCUT2D eigenvalue weighted by Crippen LogP contribution is 2.33. The second-order valence-corrected chi connectivity index (χ2v) is 28.0. The number of benzene rings is 6. The van der Waals surface area contributed by atoms with E-state index < -0.39 is 35.7 Å². The first kappa shape index (κ1) is 62.7. The largest absolute Gasteiger partial charge is 0.386 e. The van der Waals surface area contributed by atoms with Crippen LogP contribution in [0.4, 0.5) is 17.5 Å². The molecule has 0 saturated heterocycles. The SMILES string of the molecule is CCc1ccc(S(=O)(=O)Nc2cc(C)nn2-c2cccc3ncccc23)cc1.Cc1cc(NS(=O)(=O)c2ccc(C(C)(C)C)cc2Cl)n(-c2cccc3ncccc23)n1.Cc1cc(NS(=O)(=O)c2ccc(C(C)(C)O)cc2)n(-c2cccc3ncccc23)n1. The fourth-order valence-corrected chi connectivity index (χ4v) is 13.4. The molecular formula is C66H65ClN12O7S3. The molecule has 6 heterocycles. The molecule has 23 heteroatoms. The number of hydrogen-bond acceptors (Lipinski definition) is 13. The van der Waals surface area contributed by atoms with Crippen molar-refractivity contribution in [1.82, 2.24) is 44.3 Å². The molecule has 456 valence electrons.